The third-order valence-corrected chi connectivity index (χ3v) is 10.6. The van der Waals surface area contributed by atoms with Gasteiger partial charge in [-0.1, -0.05) is 35.9 Å². The lowest BCUT2D eigenvalue weighted by Gasteiger charge is -2.42. The van der Waals surface area contributed by atoms with Crippen LogP contribution in [0.25, 0.3) is 17.0 Å². The average Bonchev–Trinajstić information content (AvgIpc) is 3.80. The number of likely N-dealkylation sites (N-methyl/N-ethyl adjacent to an activating group) is 1. The van der Waals surface area contributed by atoms with E-state index in [1.165, 1.54) is 17.3 Å². The van der Waals surface area contributed by atoms with Crippen molar-refractivity contribution >= 4 is 51.9 Å². The molecule has 2 fully saturated rings. The molecule has 2 aromatic carbocycles. The summed E-state index contributed by atoms with van der Waals surface area (Å²) in [6.07, 6.45) is 9.20. The van der Waals surface area contributed by atoms with Crippen LogP contribution in [0.1, 0.15) is 41.0 Å². The van der Waals surface area contributed by atoms with Crippen molar-refractivity contribution in [2.75, 3.05) is 70.3 Å². The number of fused-ring (bicyclic) bond motifs is 2. The summed E-state index contributed by atoms with van der Waals surface area (Å²) >= 11 is 6.74. The van der Waals surface area contributed by atoms with Crippen LogP contribution in [0.5, 0.6) is 6.01 Å². The summed E-state index contributed by atoms with van der Waals surface area (Å²) < 4.78 is 7.92. The Morgan fingerprint density at radius 2 is 1.90 bits per heavy atom. The molecule has 4 aromatic rings. The second kappa shape index (κ2) is 15.2. The first kappa shape index (κ1) is 35.2. The van der Waals surface area contributed by atoms with E-state index < -0.39 is 0 Å². The number of benzene rings is 2. The monoisotopic (exact) mass is 722 g/mol. The highest BCUT2D eigenvalue weighted by molar-refractivity contribution is 6.36. The number of likely N-dealkylation sites (tertiary alicyclic amines) is 1. The summed E-state index contributed by atoms with van der Waals surface area (Å²) in [7, 11) is 5.44. The molecule has 0 saturated carbocycles. The fourth-order valence-electron chi connectivity index (χ4n) is 7.44. The van der Waals surface area contributed by atoms with Crippen molar-refractivity contribution < 1.29 is 14.3 Å². The van der Waals surface area contributed by atoms with Crippen LogP contribution in [0.4, 0.5) is 11.5 Å². The van der Waals surface area contributed by atoms with E-state index in [0.29, 0.717) is 56.3 Å². The van der Waals surface area contributed by atoms with Crippen LogP contribution < -0.4 is 14.5 Å². The maximum absolute atomic E-state index is 13.5. The largest absolute Gasteiger partial charge is 0.462 e. The molecule has 7 rings (SSSR count). The Morgan fingerprint density at radius 1 is 1.08 bits per heavy atom. The van der Waals surface area contributed by atoms with Crippen molar-refractivity contribution in [3.8, 4) is 12.1 Å². The number of aromatic nitrogens is 4. The van der Waals surface area contributed by atoms with Crippen molar-refractivity contribution in [3.63, 3.8) is 0 Å². The molecule has 5 heterocycles. The van der Waals surface area contributed by atoms with Crippen molar-refractivity contribution in [2.24, 2.45) is 0 Å². The highest BCUT2D eigenvalue weighted by Gasteiger charge is 2.34. The van der Waals surface area contributed by atoms with Gasteiger partial charge in [-0.15, -0.1) is 0 Å². The Balaban J connectivity index is 1.14. The summed E-state index contributed by atoms with van der Waals surface area (Å²) in [5.74, 6) is 0.367. The van der Waals surface area contributed by atoms with Gasteiger partial charge in [0.05, 0.1) is 42.1 Å². The van der Waals surface area contributed by atoms with Crippen LogP contribution in [0.2, 0.25) is 5.02 Å². The summed E-state index contributed by atoms with van der Waals surface area (Å²) in [5.41, 5.74) is 3.32. The van der Waals surface area contributed by atoms with Crippen LogP contribution in [0.15, 0.2) is 55.0 Å². The fraction of sp³-hybridized carbons (Fsp3) is 0.421. The Hall–Kier alpha value is -5.19. The lowest BCUT2D eigenvalue weighted by Crippen LogP contribution is -2.55. The lowest BCUT2D eigenvalue weighted by atomic mass is 10.0. The van der Waals surface area contributed by atoms with Gasteiger partial charge in [-0.05, 0) is 50.4 Å². The van der Waals surface area contributed by atoms with E-state index in [-0.39, 0.29) is 30.0 Å². The first-order valence-corrected chi connectivity index (χ1v) is 18.1. The summed E-state index contributed by atoms with van der Waals surface area (Å²) in [6.45, 7) is 4.25. The highest BCUT2D eigenvalue weighted by atomic mass is 35.5. The minimum atomic E-state index is -0.357. The van der Waals surface area contributed by atoms with E-state index in [2.05, 4.69) is 57.1 Å². The second-order valence-electron chi connectivity index (χ2n) is 13.8. The quantitative estimate of drug-likeness (QED) is 0.231. The molecule has 0 bridgehead atoms. The first-order valence-electron chi connectivity index (χ1n) is 17.7. The number of ether oxygens (including phenoxy) is 1. The Morgan fingerprint density at radius 3 is 2.67 bits per heavy atom. The fourth-order valence-corrected chi connectivity index (χ4v) is 7.72. The predicted molar refractivity (Wildman–Crippen MR) is 200 cm³/mol. The molecule has 2 saturated heterocycles. The number of carbonyl (C=O) groups is 2. The molecule has 0 radical (unpaired) electrons. The van der Waals surface area contributed by atoms with E-state index in [4.69, 9.17) is 26.3 Å². The van der Waals surface area contributed by atoms with Crippen molar-refractivity contribution in [3.05, 3.63) is 77.0 Å². The molecule has 0 aliphatic carbocycles. The molecular formula is C38H43ClN10O3. The first-order chi connectivity index (χ1) is 25.2. The Kier molecular flexibility index (Phi) is 10.3. The third-order valence-electron chi connectivity index (χ3n) is 10.3. The van der Waals surface area contributed by atoms with Gasteiger partial charge >= 0.3 is 6.01 Å². The number of nitrogens with zero attached hydrogens (tertiary/aromatic N) is 10. The van der Waals surface area contributed by atoms with Crippen molar-refractivity contribution in [2.45, 2.75) is 44.3 Å². The summed E-state index contributed by atoms with van der Waals surface area (Å²) in [4.78, 5) is 49.9. The number of carbonyl (C=O) groups excluding carboxylic acids is 2. The van der Waals surface area contributed by atoms with Crippen LogP contribution in [0.3, 0.4) is 0 Å². The number of hydrogen-bond donors (Lipinski definition) is 0. The number of nitriles is 1. The molecular weight excluding hydrogens is 680 g/mol. The number of imidazole rings is 1. The lowest BCUT2D eigenvalue weighted by molar-refractivity contribution is -0.128. The molecule has 3 aliphatic heterocycles. The SMILES string of the molecule is CN(C)C(=O)c1cn(/C=C/C(=O)N2CCN(c3nc(OC[C@@H]4CCCN4C)nc4c3CCN(c3cccc5cccc(Cl)c35)C4)C[C@@H]2CC#N)cn1. The van der Waals surface area contributed by atoms with Gasteiger partial charge < -0.3 is 33.8 Å². The molecule has 3 aliphatic rings. The molecule has 2 aromatic heterocycles. The number of halogens is 1. The van der Waals surface area contributed by atoms with Crippen LogP contribution in [-0.2, 0) is 17.8 Å². The molecule has 0 unspecified atom stereocenters. The van der Waals surface area contributed by atoms with Gasteiger partial charge in [0.1, 0.15) is 18.1 Å². The zero-order chi connectivity index (χ0) is 36.4. The molecule has 270 valence electrons. The number of piperazine rings is 1. The minimum Gasteiger partial charge on any atom is -0.462 e. The van der Waals surface area contributed by atoms with E-state index >= 15 is 0 Å². The van der Waals surface area contributed by atoms with Gasteiger partial charge in [0.25, 0.3) is 5.91 Å². The van der Waals surface area contributed by atoms with Crippen LogP contribution >= 0.6 is 11.6 Å². The molecule has 2 amide bonds. The third kappa shape index (κ3) is 7.26. The smallest absolute Gasteiger partial charge is 0.318 e. The van der Waals surface area contributed by atoms with Crippen LogP contribution in [0, 0.1) is 11.3 Å². The maximum Gasteiger partial charge on any atom is 0.318 e. The number of rotatable bonds is 9. The van der Waals surface area contributed by atoms with Crippen molar-refractivity contribution in [1.82, 2.24) is 34.2 Å². The van der Waals surface area contributed by atoms with Gasteiger partial charge in [-0.2, -0.15) is 15.2 Å². The normalized spacial score (nSPS) is 19.2. The van der Waals surface area contributed by atoms with E-state index in [1.54, 1.807) is 36.0 Å². The number of amides is 2. The predicted octanol–water partition coefficient (Wildman–Crippen LogP) is 4.32. The van der Waals surface area contributed by atoms with E-state index in [1.807, 2.05) is 12.1 Å². The van der Waals surface area contributed by atoms with Crippen molar-refractivity contribution in [1.29, 1.82) is 5.26 Å². The number of hydrogen-bond acceptors (Lipinski definition) is 10. The summed E-state index contributed by atoms with van der Waals surface area (Å²) in [6, 6.07) is 14.8. The molecule has 0 spiro atoms. The summed E-state index contributed by atoms with van der Waals surface area (Å²) in [5, 5.41) is 12.6. The molecule has 0 N–H and O–H groups in total. The minimum absolute atomic E-state index is 0.170. The highest BCUT2D eigenvalue weighted by Crippen LogP contribution is 2.37. The van der Waals surface area contributed by atoms with Gasteiger partial charge in [0.2, 0.25) is 5.91 Å². The van der Waals surface area contributed by atoms with Crippen LogP contribution in [-0.4, -0.2) is 119 Å². The zero-order valence-electron chi connectivity index (χ0n) is 29.8. The number of anilines is 2. The zero-order valence-corrected chi connectivity index (χ0v) is 30.5. The Labute approximate surface area is 308 Å². The van der Waals surface area contributed by atoms with Gasteiger partial charge in [-0.3, -0.25) is 9.59 Å². The standard InChI is InChI=1S/C38H43ClN10O3/c1-44(2)37(51)32-22-46(25-41-32)17-14-34(50)49-20-19-48(21-27(49)12-15-40)36-29-13-18-47(33-11-5-8-26-7-4-10-30(39)35(26)33)23-31(29)42-38(43-36)52-24-28-9-6-16-45(28)3/h4-5,7-8,10-11,14,17,22,25,27-28H,6,9,12-13,16,18-21,23-24H2,1-3H3/b17-14+/t27-,28-/m0/s1. The molecule has 2 atom stereocenters. The molecule has 52 heavy (non-hydrogen) atoms. The van der Waals surface area contributed by atoms with Gasteiger partial charge in [0, 0.05) is 81.4 Å². The second-order valence-corrected chi connectivity index (χ2v) is 14.3. The van der Waals surface area contributed by atoms with E-state index in [9.17, 15) is 14.9 Å². The maximum atomic E-state index is 13.5. The van der Waals surface area contributed by atoms with Gasteiger partial charge in [-0.25, -0.2) is 4.98 Å². The van der Waals surface area contributed by atoms with E-state index in [0.717, 1.165) is 59.5 Å². The topological polar surface area (TPSA) is 127 Å². The molecule has 13 nitrogen and oxygen atoms in total. The Bertz CT molecular complexity index is 2040. The van der Waals surface area contributed by atoms with Gasteiger partial charge in [0.15, 0.2) is 0 Å². The molecule has 14 heteroatoms. The average molecular weight is 723 g/mol.